The van der Waals surface area contributed by atoms with Gasteiger partial charge in [-0.2, -0.15) is 0 Å². The van der Waals surface area contributed by atoms with Gasteiger partial charge in [-0.25, -0.2) is 4.98 Å². The number of hydrogen-bond acceptors (Lipinski definition) is 4. The Labute approximate surface area is 147 Å². The molecule has 2 amide bonds. The van der Waals surface area contributed by atoms with Gasteiger partial charge in [0, 0.05) is 24.5 Å². The fraction of sp³-hybridized carbons (Fsp3) is 0.389. The first-order valence-electron chi connectivity index (χ1n) is 8.36. The average Bonchev–Trinajstić information content (AvgIpc) is 3.13. The quantitative estimate of drug-likeness (QED) is 0.642. The number of carbonyl (C=O) groups excluding carboxylic acids is 2. The lowest BCUT2D eigenvalue weighted by Gasteiger charge is -2.10. The van der Waals surface area contributed by atoms with Gasteiger partial charge in [-0.05, 0) is 50.5 Å². The predicted molar refractivity (Wildman–Crippen MR) is 94.3 cm³/mol. The molecular weight excluding hydrogens is 320 g/mol. The summed E-state index contributed by atoms with van der Waals surface area (Å²) in [7, 11) is 0. The molecule has 0 spiro atoms. The first kappa shape index (κ1) is 18.5. The number of ether oxygens (including phenoxy) is 1. The van der Waals surface area contributed by atoms with Crippen LogP contribution in [0, 0.1) is 0 Å². The first-order valence-corrected chi connectivity index (χ1v) is 8.36. The summed E-state index contributed by atoms with van der Waals surface area (Å²) in [4.78, 5) is 26.5. The highest BCUT2D eigenvalue weighted by Crippen LogP contribution is 2.15. The molecule has 134 valence electrons. The molecule has 0 saturated heterocycles. The highest BCUT2D eigenvalue weighted by atomic mass is 16.5. The molecule has 0 bridgehead atoms. The molecule has 1 unspecified atom stereocenters. The van der Waals surface area contributed by atoms with Crippen LogP contribution in [0.3, 0.4) is 0 Å². The number of carbonyl (C=O) groups is 2. The van der Waals surface area contributed by atoms with Crippen molar-refractivity contribution in [2.45, 2.75) is 38.6 Å². The lowest BCUT2D eigenvalue weighted by molar-refractivity contribution is -0.127. The number of nitrogens with two attached hydrogens (primary N) is 1. The van der Waals surface area contributed by atoms with Crippen LogP contribution < -0.4 is 15.8 Å². The second-order valence-corrected chi connectivity index (χ2v) is 5.81. The smallest absolute Gasteiger partial charge is 0.239 e. The van der Waals surface area contributed by atoms with Crippen molar-refractivity contribution >= 4 is 11.8 Å². The van der Waals surface area contributed by atoms with E-state index < -0.39 is 11.9 Å². The average molecular weight is 344 g/mol. The van der Waals surface area contributed by atoms with Crippen LogP contribution in [-0.4, -0.2) is 34.0 Å². The van der Waals surface area contributed by atoms with Gasteiger partial charge in [-0.3, -0.25) is 9.59 Å². The molecule has 2 rings (SSSR count). The molecule has 25 heavy (non-hydrogen) atoms. The number of rotatable bonds is 10. The van der Waals surface area contributed by atoms with Gasteiger partial charge in [-0.1, -0.05) is 0 Å². The van der Waals surface area contributed by atoms with E-state index in [0.717, 1.165) is 30.7 Å². The number of hydrogen-bond donors (Lipinski definition) is 2. The van der Waals surface area contributed by atoms with Gasteiger partial charge >= 0.3 is 0 Å². The Kier molecular flexibility index (Phi) is 7.00. The molecule has 3 N–H and O–H groups in total. The fourth-order valence-corrected chi connectivity index (χ4v) is 2.27. The van der Waals surface area contributed by atoms with Crippen molar-refractivity contribution in [2.24, 2.45) is 5.73 Å². The van der Waals surface area contributed by atoms with E-state index in [1.54, 1.807) is 19.4 Å². The Morgan fingerprint density at radius 3 is 2.64 bits per heavy atom. The third-order valence-corrected chi connectivity index (χ3v) is 3.76. The van der Waals surface area contributed by atoms with Crippen molar-refractivity contribution in [2.75, 3.05) is 6.61 Å². The molecule has 1 heterocycles. The minimum atomic E-state index is -0.624. The topological polar surface area (TPSA) is 99.2 Å². The number of nitrogens with zero attached hydrogens (tertiary/aromatic N) is 2. The highest BCUT2D eigenvalue weighted by molar-refractivity contribution is 5.86. The molecule has 1 aromatic carbocycles. The standard InChI is InChI=1S/C18H24N4O3/c1-14(18(19)24)21-17(23)5-3-2-4-12-25-16-8-6-15(7-9-16)22-11-10-20-13-22/h6-11,13-14H,2-5,12H2,1H3,(H2,19,24)(H,21,23). The Morgan fingerprint density at radius 1 is 1.24 bits per heavy atom. The Hall–Kier alpha value is -2.83. The number of nitrogens with one attached hydrogen (secondary N) is 1. The lowest BCUT2D eigenvalue weighted by Crippen LogP contribution is -2.42. The van der Waals surface area contributed by atoms with E-state index in [1.807, 2.05) is 35.0 Å². The van der Waals surface area contributed by atoms with Crippen molar-refractivity contribution in [3.8, 4) is 11.4 Å². The molecule has 2 aromatic rings. The number of amides is 2. The van der Waals surface area contributed by atoms with E-state index in [1.165, 1.54) is 0 Å². The largest absolute Gasteiger partial charge is 0.494 e. The monoisotopic (exact) mass is 344 g/mol. The Balaban J connectivity index is 1.59. The van der Waals surface area contributed by atoms with E-state index >= 15 is 0 Å². The van der Waals surface area contributed by atoms with Crippen molar-refractivity contribution in [1.82, 2.24) is 14.9 Å². The first-order chi connectivity index (χ1) is 12.1. The maximum Gasteiger partial charge on any atom is 0.239 e. The van der Waals surface area contributed by atoms with Crippen molar-refractivity contribution in [3.05, 3.63) is 43.0 Å². The zero-order chi connectivity index (χ0) is 18.1. The zero-order valence-corrected chi connectivity index (χ0v) is 14.4. The van der Waals surface area contributed by atoms with E-state index in [-0.39, 0.29) is 5.91 Å². The number of unbranched alkanes of at least 4 members (excludes halogenated alkanes) is 2. The van der Waals surface area contributed by atoms with Crippen LogP contribution in [0.5, 0.6) is 5.75 Å². The van der Waals surface area contributed by atoms with Crippen LogP contribution in [0.4, 0.5) is 0 Å². The molecule has 0 fully saturated rings. The summed E-state index contributed by atoms with van der Waals surface area (Å²) in [5.74, 6) is 0.139. The molecule has 7 heteroatoms. The van der Waals surface area contributed by atoms with Gasteiger partial charge < -0.3 is 20.4 Å². The molecule has 1 aromatic heterocycles. The molecule has 0 saturated carbocycles. The van der Waals surface area contributed by atoms with E-state index in [4.69, 9.17) is 10.5 Å². The molecule has 0 aliphatic heterocycles. The SMILES string of the molecule is CC(NC(=O)CCCCCOc1ccc(-n2ccnc2)cc1)C(N)=O. The van der Waals surface area contributed by atoms with Gasteiger partial charge in [0.1, 0.15) is 11.8 Å². The summed E-state index contributed by atoms with van der Waals surface area (Å²) >= 11 is 0. The minimum absolute atomic E-state index is 0.151. The maximum atomic E-state index is 11.6. The van der Waals surface area contributed by atoms with Crippen molar-refractivity contribution in [1.29, 1.82) is 0 Å². The third kappa shape index (κ3) is 6.29. The summed E-state index contributed by atoms with van der Waals surface area (Å²) in [5, 5.41) is 2.56. The number of benzene rings is 1. The Morgan fingerprint density at radius 2 is 2.00 bits per heavy atom. The van der Waals surface area contributed by atoms with Crippen LogP contribution in [0.2, 0.25) is 0 Å². The second-order valence-electron chi connectivity index (χ2n) is 5.81. The molecule has 1 atom stereocenters. The van der Waals surface area contributed by atoms with Crippen LogP contribution in [0.25, 0.3) is 5.69 Å². The van der Waals surface area contributed by atoms with Crippen LogP contribution in [-0.2, 0) is 9.59 Å². The van der Waals surface area contributed by atoms with Crippen molar-refractivity contribution in [3.63, 3.8) is 0 Å². The third-order valence-electron chi connectivity index (χ3n) is 3.76. The highest BCUT2D eigenvalue weighted by Gasteiger charge is 2.11. The van der Waals surface area contributed by atoms with E-state index in [0.29, 0.717) is 13.0 Å². The molecular formula is C18H24N4O3. The lowest BCUT2D eigenvalue weighted by atomic mass is 10.2. The van der Waals surface area contributed by atoms with Crippen LogP contribution in [0.1, 0.15) is 32.6 Å². The van der Waals surface area contributed by atoms with Gasteiger partial charge in [-0.15, -0.1) is 0 Å². The second kappa shape index (κ2) is 9.46. The van der Waals surface area contributed by atoms with Crippen LogP contribution in [0.15, 0.2) is 43.0 Å². The summed E-state index contributed by atoms with van der Waals surface area (Å²) in [6.07, 6.45) is 8.25. The van der Waals surface area contributed by atoms with Crippen molar-refractivity contribution < 1.29 is 14.3 Å². The summed E-state index contributed by atoms with van der Waals surface area (Å²) in [6.45, 7) is 2.18. The molecule has 0 aliphatic carbocycles. The zero-order valence-electron chi connectivity index (χ0n) is 14.4. The fourth-order valence-electron chi connectivity index (χ4n) is 2.27. The summed E-state index contributed by atoms with van der Waals surface area (Å²) in [5.41, 5.74) is 6.12. The number of primary amides is 1. The molecule has 0 radical (unpaired) electrons. The minimum Gasteiger partial charge on any atom is -0.494 e. The number of imidazole rings is 1. The number of aromatic nitrogens is 2. The van der Waals surface area contributed by atoms with E-state index in [2.05, 4.69) is 10.3 Å². The van der Waals surface area contributed by atoms with E-state index in [9.17, 15) is 9.59 Å². The maximum absolute atomic E-state index is 11.6. The Bertz CT molecular complexity index is 668. The normalized spacial score (nSPS) is 11.7. The summed E-state index contributed by atoms with van der Waals surface area (Å²) < 4.78 is 7.62. The van der Waals surface area contributed by atoms with Gasteiger partial charge in [0.05, 0.1) is 12.9 Å². The molecule has 7 nitrogen and oxygen atoms in total. The van der Waals surface area contributed by atoms with Gasteiger partial charge in [0.25, 0.3) is 0 Å². The summed E-state index contributed by atoms with van der Waals surface area (Å²) in [6, 6.07) is 7.17. The van der Waals surface area contributed by atoms with Gasteiger partial charge in [0.15, 0.2) is 0 Å². The predicted octanol–water partition coefficient (Wildman–Crippen LogP) is 1.80. The van der Waals surface area contributed by atoms with Gasteiger partial charge in [0.2, 0.25) is 11.8 Å². The van der Waals surface area contributed by atoms with Crippen LogP contribution >= 0.6 is 0 Å². The molecule has 0 aliphatic rings.